The van der Waals surface area contributed by atoms with Crippen LogP contribution in [0.15, 0.2) is 0 Å². The number of hydrogen-bond donors (Lipinski definition) is 1. The van der Waals surface area contributed by atoms with E-state index in [0.29, 0.717) is 6.61 Å². The van der Waals surface area contributed by atoms with Crippen LogP contribution in [0, 0.1) is 0 Å². The highest BCUT2D eigenvalue weighted by Crippen LogP contribution is 2.23. The molecule has 1 saturated heterocycles. The number of aliphatic hydroxyl groups is 1. The summed E-state index contributed by atoms with van der Waals surface area (Å²) in [5.74, 6) is 0. The van der Waals surface area contributed by atoms with Crippen LogP contribution in [-0.2, 0) is 35.6 Å². The molecule has 1 fully saturated rings. The molecule has 1 unspecified atom stereocenters. The minimum absolute atomic E-state index is 0.0305. The molecule has 1 N–H and O–H groups in total. The molecule has 1 aromatic heterocycles. The van der Waals surface area contributed by atoms with Crippen LogP contribution < -0.4 is 0 Å². The zero-order chi connectivity index (χ0) is 14.7. The van der Waals surface area contributed by atoms with Gasteiger partial charge in [-0.25, -0.2) is 0 Å². The highest BCUT2D eigenvalue weighted by molar-refractivity contribution is 5.28. The van der Waals surface area contributed by atoms with E-state index < -0.39 is 0 Å². The number of aryl methyl sites for hydroxylation is 1. The summed E-state index contributed by atoms with van der Waals surface area (Å²) in [5.41, 5.74) is 3.37. The first-order chi connectivity index (χ1) is 10.3. The fraction of sp³-hybridized carbons (Fsp3) is 0.800. The summed E-state index contributed by atoms with van der Waals surface area (Å²) in [6, 6.07) is 0. The van der Waals surface area contributed by atoms with E-state index in [4.69, 9.17) is 9.47 Å². The van der Waals surface area contributed by atoms with Crippen molar-refractivity contribution >= 4 is 0 Å². The van der Waals surface area contributed by atoms with E-state index in [1.54, 1.807) is 0 Å². The zero-order valence-electron chi connectivity index (χ0n) is 12.8. The third-order valence-corrected chi connectivity index (χ3v) is 4.40. The maximum absolute atomic E-state index is 9.49. The molecule has 2 aliphatic heterocycles. The smallest absolute Gasteiger partial charge is 0.0926 e. The van der Waals surface area contributed by atoms with Crippen LogP contribution >= 0.6 is 0 Å². The molecule has 0 aromatic carbocycles. The van der Waals surface area contributed by atoms with Gasteiger partial charge in [0.15, 0.2) is 0 Å². The Bertz CT molecular complexity index is 469. The number of aliphatic hydroxyl groups excluding tert-OH is 1. The van der Waals surface area contributed by atoms with Gasteiger partial charge in [0.05, 0.1) is 38.2 Å². The van der Waals surface area contributed by atoms with Crippen molar-refractivity contribution in [2.24, 2.45) is 0 Å². The lowest BCUT2D eigenvalue weighted by atomic mass is 10.0. The first-order valence-electron chi connectivity index (χ1n) is 7.91. The Hall–Kier alpha value is -0.950. The van der Waals surface area contributed by atoms with Crippen LogP contribution in [0.5, 0.6) is 0 Å². The Labute approximate surface area is 125 Å². The van der Waals surface area contributed by atoms with Crippen LogP contribution in [0.4, 0.5) is 0 Å². The van der Waals surface area contributed by atoms with Crippen molar-refractivity contribution in [3.63, 3.8) is 0 Å². The molecule has 0 saturated carbocycles. The Morgan fingerprint density at radius 3 is 3.00 bits per heavy atom. The molecule has 0 bridgehead atoms. The zero-order valence-corrected chi connectivity index (χ0v) is 12.8. The van der Waals surface area contributed by atoms with Gasteiger partial charge in [0.2, 0.25) is 0 Å². The Morgan fingerprint density at radius 1 is 1.38 bits per heavy atom. The highest BCUT2D eigenvalue weighted by Gasteiger charge is 2.25. The highest BCUT2D eigenvalue weighted by atomic mass is 16.6. The van der Waals surface area contributed by atoms with Gasteiger partial charge in [0.25, 0.3) is 0 Å². The summed E-state index contributed by atoms with van der Waals surface area (Å²) < 4.78 is 13.2. The molecule has 0 spiro atoms. The molecule has 6 heteroatoms. The van der Waals surface area contributed by atoms with Gasteiger partial charge >= 0.3 is 0 Å². The minimum Gasteiger partial charge on any atom is -0.390 e. The normalized spacial score (nSPS) is 23.2. The second-order valence-electron chi connectivity index (χ2n) is 5.73. The number of rotatable bonds is 5. The average molecular weight is 295 g/mol. The summed E-state index contributed by atoms with van der Waals surface area (Å²) in [5, 5.41) is 14.0. The van der Waals surface area contributed by atoms with Crippen molar-refractivity contribution < 1.29 is 14.6 Å². The molecule has 1 aromatic rings. The van der Waals surface area contributed by atoms with E-state index in [-0.39, 0.29) is 12.7 Å². The Morgan fingerprint density at radius 2 is 2.29 bits per heavy atom. The molecule has 6 nitrogen and oxygen atoms in total. The molecular formula is C15H25N3O3. The van der Waals surface area contributed by atoms with Gasteiger partial charge in [-0.1, -0.05) is 0 Å². The van der Waals surface area contributed by atoms with Crippen LogP contribution in [0.1, 0.15) is 30.3 Å². The number of nitrogens with zero attached hydrogens (tertiary/aromatic N) is 3. The van der Waals surface area contributed by atoms with E-state index in [2.05, 4.69) is 16.9 Å². The lowest BCUT2D eigenvalue weighted by Crippen LogP contribution is -2.36. The average Bonchev–Trinajstić information content (AvgIpc) is 2.91. The topological polar surface area (TPSA) is 59.8 Å². The van der Waals surface area contributed by atoms with Gasteiger partial charge in [0, 0.05) is 43.9 Å². The summed E-state index contributed by atoms with van der Waals surface area (Å²) >= 11 is 0. The van der Waals surface area contributed by atoms with Gasteiger partial charge in [-0.05, 0) is 13.3 Å². The van der Waals surface area contributed by atoms with Crippen LogP contribution in [0.2, 0.25) is 0 Å². The van der Waals surface area contributed by atoms with Gasteiger partial charge in [-0.15, -0.1) is 0 Å². The number of aromatic nitrogens is 2. The SMILES string of the molecule is CCn1nc(CO)c2c1CCN(CCC1COCCO1)C2. The summed E-state index contributed by atoms with van der Waals surface area (Å²) in [6.07, 6.45) is 2.25. The molecular weight excluding hydrogens is 270 g/mol. The Kier molecular flexibility index (Phi) is 4.90. The Balaban J connectivity index is 1.59. The van der Waals surface area contributed by atoms with Crippen molar-refractivity contribution in [2.45, 2.75) is 45.6 Å². The molecule has 2 aliphatic rings. The van der Waals surface area contributed by atoms with E-state index in [0.717, 1.165) is 57.9 Å². The minimum atomic E-state index is 0.0305. The fourth-order valence-corrected chi connectivity index (χ4v) is 3.23. The van der Waals surface area contributed by atoms with E-state index in [1.165, 1.54) is 11.3 Å². The van der Waals surface area contributed by atoms with Gasteiger partial charge in [0.1, 0.15) is 0 Å². The summed E-state index contributed by atoms with van der Waals surface area (Å²) in [4.78, 5) is 2.43. The van der Waals surface area contributed by atoms with Crippen molar-refractivity contribution in [2.75, 3.05) is 32.9 Å². The molecule has 21 heavy (non-hydrogen) atoms. The second-order valence-corrected chi connectivity index (χ2v) is 5.73. The third kappa shape index (κ3) is 3.29. The van der Waals surface area contributed by atoms with Gasteiger partial charge in [-0.2, -0.15) is 5.10 Å². The molecule has 0 amide bonds. The van der Waals surface area contributed by atoms with Crippen molar-refractivity contribution in [3.05, 3.63) is 17.0 Å². The third-order valence-electron chi connectivity index (χ3n) is 4.40. The maximum atomic E-state index is 9.49. The first-order valence-corrected chi connectivity index (χ1v) is 7.91. The lowest BCUT2D eigenvalue weighted by molar-refractivity contribution is -0.0929. The molecule has 0 radical (unpaired) electrons. The summed E-state index contributed by atoms with van der Waals surface area (Å²) in [6.45, 7) is 8.10. The van der Waals surface area contributed by atoms with Crippen LogP contribution in [0.3, 0.4) is 0 Å². The van der Waals surface area contributed by atoms with Crippen molar-refractivity contribution in [1.29, 1.82) is 0 Å². The van der Waals surface area contributed by atoms with E-state index >= 15 is 0 Å². The molecule has 0 aliphatic carbocycles. The fourth-order valence-electron chi connectivity index (χ4n) is 3.23. The van der Waals surface area contributed by atoms with Crippen LogP contribution in [-0.4, -0.2) is 58.8 Å². The summed E-state index contributed by atoms with van der Waals surface area (Å²) in [7, 11) is 0. The quantitative estimate of drug-likeness (QED) is 0.860. The standard InChI is InChI=1S/C15H25N3O3/c1-2-18-15-4-6-17(9-13(15)14(10-19)16-18)5-3-12-11-20-7-8-21-12/h12,19H,2-11H2,1H3. The predicted molar refractivity (Wildman–Crippen MR) is 78.0 cm³/mol. The first kappa shape index (κ1) is 15.0. The van der Waals surface area contributed by atoms with Gasteiger partial charge < -0.3 is 14.6 Å². The molecule has 118 valence electrons. The van der Waals surface area contributed by atoms with Crippen molar-refractivity contribution in [3.8, 4) is 0 Å². The van der Waals surface area contributed by atoms with Gasteiger partial charge in [-0.3, -0.25) is 9.58 Å². The lowest BCUT2D eigenvalue weighted by Gasteiger charge is -2.30. The van der Waals surface area contributed by atoms with Crippen LogP contribution in [0.25, 0.3) is 0 Å². The van der Waals surface area contributed by atoms with E-state index in [9.17, 15) is 5.11 Å². The van der Waals surface area contributed by atoms with E-state index in [1.807, 2.05) is 4.68 Å². The largest absolute Gasteiger partial charge is 0.390 e. The molecule has 3 rings (SSSR count). The number of ether oxygens (including phenoxy) is 2. The molecule has 1 atom stereocenters. The monoisotopic (exact) mass is 295 g/mol. The number of hydrogen-bond acceptors (Lipinski definition) is 5. The molecule has 3 heterocycles. The van der Waals surface area contributed by atoms with Crippen molar-refractivity contribution in [1.82, 2.24) is 14.7 Å². The number of fused-ring (bicyclic) bond motifs is 1. The second kappa shape index (κ2) is 6.87. The maximum Gasteiger partial charge on any atom is 0.0926 e. The predicted octanol–water partition coefficient (Wildman–Crippen LogP) is 0.559.